The summed E-state index contributed by atoms with van der Waals surface area (Å²) >= 11 is 0. The van der Waals surface area contributed by atoms with E-state index >= 15 is 0 Å². The Morgan fingerprint density at radius 3 is 2.65 bits per heavy atom. The summed E-state index contributed by atoms with van der Waals surface area (Å²) in [5.41, 5.74) is 4.11. The smallest absolute Gasteiger partial charge is 0.157 e. The fourth-order valence-corrected chi connectivity index (χ4v) is 1.45. The standard InChI is InChI=1S/C12H20N2O3/c1-14(13-6-2-8-15)7-5-10-3-4-11(16)12(17)9-10/h3-4,9,13,15-17H,2,5-8H2,1H3. The number of nitrogens with zero attached hydrogens (tertiary/aromatic N) is 1. The SMILES string of the molecule is CN(CCc1ccc(O)c(O)c1)NCCCO. The van der Waals surface area contributed by atoms with Crippen molar-refractivity contribution in [2.45, 2.75) is 12.8 Å². The van der Waals surface area contributed by atoms with Crippen molar-refractivity contribution in [3.05, 3.63) is 23.8 Å². The summed E-state index contributed by atoms with van der Waals surface area (Å²) in [6.45, 7) is 1.72. The lowest BCUT2D eigenvalue weighted by Gasteiger charge is -2.17. The van der Waals surface area contributed by atoms with Gasteiger partial charge in [-0.1, -0.05) is 6.07 Å². The van der Waals surface area contributed by atoms with Crippen LogP contribution in [0, 0.1) is 0 Å². The number of nitrogens with one attached hydrogen (secondary N) is 1. The van der Waals surface area contributed by atoms with Crippen molar-refractivity contribution in [1.29, 1.82) is 0 Å². The van der Waals surface area contributed by atoms with Crippen molar-refractivity contribution in [2.24, 2.45) is 0 Å². The molecular weight excluding hydrogens is 220 g/mol. The molecule has 0 aliphatic heterocycles. The molecule has 96 valence electrons. The molecule has 0 saturated carbocycles. The van der Waals surface area contributed by atoms with Crippen LogP contribution in [0.1, 0.15) is 12.0 Å². The molecular formula is C12H20N2O3. The Kier molecular flexibility index (Phi) is 5.76. The third kappa shape index (κ3) is 5.04. The minimum absolute atomic E-state index is 0.0848. The van der Waals surface area contributed by atoms with Gasteiger partial charge in [0.15, 0.2) is 11.5 Å². The molecule has 0 bridgehead atoms. The number of likely N-dealkylation sites (N-methyl/N-ethyl adjacent to an activating group) is 1. The summed E-state index contributed by atoms with van der Waals surface area (Å²) in [7, 11) is 1.93. The summed E-state index contributed by atoms with van der Waals surface area (Å²) in [5.74, 6) is -0.179. The lowest BCUT2D eigenvalue weighted by molar-refractivity contribution is 0.216. The predicted octanol–water partition coefficient (Wildman–Crippen LogP) is 0.459. The van der Waals surface area contributed by atoms with Crippen LogP contribution in [0.25, 0.3) is 0 Å². The van der Waals surface area contributed by atoms with Gasteiger partial charge < -0.3 is 15.3 Å². The Morgan fingerprint density at radius 1 is 1.24 bits per heavy atom. The van der Waals surface area contributed by atoms with E-state index in [1.54, 1.807) is 12.1 Å². The Bertz CT molecular complexity index is 345. The van der Waals surface area contributed by atoms with Crippen LogP contribution >= 0.6 is 0 Å². The number of aliphatic hydroxyl groups excluding tert-OH is 1. The number of phenolic OH excluding ortho intramolecular Hbond substituents is 2. The van der Waals surface area contributed by atoms with Gasteiger partial charge in [0.1, 0.15) is 0 Å². The molecule has 5 heteroatoms. The van der Waals surface area contributed by atoms with E-state index in [-0.39, 0.29) is 18.1 Å². The van der Waals surface area contributed by atoms with E-state index < -0.39 is 0 Å². The first-order chi connectivity index (χ1) is 8.13. The topological polar surface area (TPSA) is 76.0 Å². The number of phenols is 2. The van der Waals surface area contributed by atoms with Crippen LogP contribution < -0.4 is 5.43 Å². The van der Waals surface area contributed by atoms with Crippen molar-refractivity contribution in [1.82, 2.24) is 10.4 Å². The fourth-order valence-electron chi connectivity index (χ4n) is 1.45. The number of aromatic hydroxyl groups is 2. The summed E-state index contributed by atoms with van der Waals surface area (Å²) in [5, 5.41) is 29.1. The predicted molar refractivity (Wildman–Crippen MR) is 65.8 cm³/mol. The van der Waals surface area contributed by atoms with Gasteiger partial charge in [-0.25, -0.2) is 5.01 Å². The van der Waals surface area contributed by atoms with Gasteiger partial charge in [0, 0.05) is 26.7 Å². The molecule has 0 spiro atoms. The van der Waals surface area contributed by atoms with Crippen LogP contribution in [-0.2, 0) is 6.42 Å². The first kappa shape index (κ1) is 13.8. The molecule has 1 rings (SSSR count). The van der Waals surface area contributed by atoms with Crippen molar-refractivity contribution in [3.63, 3.8) is 0 Å². The molecule has 0 heterocycles. The zero-order chi connectivity index (χ0) is 12.7. The highest BCUT2D eigenvalue weighted by molar-refractivity contribution is 5.40. The largest absolute Gasteiger partial charge is 0.504 e. The van der Waals surface area contributed by atoms with Crippen LogP contribution in [0.4, 0.5) is 0 Å². The molecule has 17 heavy (non-hydrogen) atoms. The van der Waals surface area contributed by atoms with Crippen LogP contribution in [0.15, 0.2) is 18.2 Å². The molecule has 0 atom stereocenters. The number of rotatable bonds is 7. The van der Waals surface area contributed by atoms with Gasteiger partial charge in [-0.2, -0.15) is 0 Å². The lowest BCUT2D eigenvalue weighted by Crippen LogP contribution is -2.36. The second-order valence-electron chi connectivity index (χ2n) is 3.98. The van der Waals surface area contributed by atoms with E-state index in [0.717, 1.165) is 31.5 Å². The third-order valence-electron chi connectivity index (χ3n) is 2.49. The van der Waals surface area contributed by atoms with Crippen LogP contribution in [-0.4, -0.2) is 47.1 Å². The Balaban J connectivity index is 2.31. The molecule has 0 fully saturated rings. The zero-order valence-corrected chi connectivity index (χ0v) is 10.1. The minimum atomic E-state index is -0.0943. The van der Waals surface area contributed by atoms with E-state index in [1.807, 2.05) is 12.1 Å². The summed E-state index contributed by atoms with van der Waals surface area (Å²) in [4.78, 5) is 0. The molecule has 1 aromatic carbocycles. The average Bonchev–Trinajstić information content (AvgIpc) is 2.31. The van der Waals surface area contributed by atoms with E-state index in [9.17, 15) is 5.11 Å². The molecule has 0 amide bonds. The highest BCUT2D eigenvalue weighted by Crippen LogP contribution is 2.24. The molecule has 4 N–H and O–H groups in total. The second-order valence-corrected chi connectivity index (χ2v) is 3.98. The van der Waals surface area contributed by atoms with Crippen molar-refractivity contribution >= 4 is 0 Å². The third-order valence-corrected chi connectivity index (χ3v) is 2.49. The monoisotopic (exact) mass is 240 g/mol. The molecule has 0 aliphatic carbocycles. The Morgan fingerprint density at radius 2 is 2.00 bits per heavy atom. The van der Waals surface area contributed by atoms with E-state index in [2.05, 4.69) is 5.43 Å². The quantitative estimate of drug-likeness (QED) is 0.316. The summed E-state index contributed by atoms with van der Waals surface area (Å²) < 4.78 is 0. The highest BCUT2D eigenvalue weighted by atomic mass is 16.3. The molecule has 1 aromatic rings. The van der Waals surface area contributed by atoms with E-state index in [4.69, 9.17) is 10.2 Å². The first-order valence-electron chi connectivity index (χ1n) is 5.70. The molecule has 0 unspecified atom stereocenters. The van der Waals surface area contributed by atoms with Crippen LogP contribution in [0.3, 0.4) is 0 Å². The van der Waals surface area contributed by atoms with E-state index in [0.29, 0.717) is 0 Å². The maximum atomic E-state index is 9.33. The van der Waals surface area contributed by atoms with Gasteiger partial charge in [-0.15, -0.1) is 0 Å². The van der Waals surface area contributed by atoms with Crippen molar-refractivity contribution in [3.8, 4) is 11.5 Å². The normalized spacial score (nSPS) is 11.0. The summed E-state index contributed by atoms with van der Waals surface area (Å²) in [6, 6.07) is 4.84. The van der Waals surface area contributed by atoms with Crippen LogP contribution in [0.2, 0.25) is 0 Å². The number of hydrogen-bond acceptors (Lipinski definition) is 5. The van der Waals surface area contributed by atoms with Gasteiger partial charge >= 0.3 is 0 Å². The number of hydrogen-bond donors (Lipinski definition) is 4. The molecule has 0 saturated heterocycles. The van der Waals surface area contributed by atoms with Gasteiger partial charge in [-0.05, 0) is 30.5 Å². The van der Waals surface area contributed by atoms with Gasteiger partial charge in [0.05, 0.1) is 0 Å². The van der Waals surface area contributed by atoms with Gasteiger partial charge in [0.25, 0.3) is 0 Å². The van der Waals surface area contributed by atoms with E-state index in [1.165, 1.54) is 6.07 Å². The number of hydrazine groups is 1. The molecule has 5 nitrogen and oxygen atoms in total. The maximum Gasteiger partial charge on any atom is 0.157 e. The second kappa shape index (κ2) is 7.11. The molecule has 0 radical (unpaired) electrons. The maximum absolute atomic E-state index is 9.33. The highest BCUT2D eigenvalue weighted by Gasteiger charge is 2.02. The minimum Gasteiger partial charge on any atom is -0.504 e. The Hall–Kier alpha value is -1.30. The van der Waals surface area contributed by atoms with Crippen molar-refractivity contribution in [2.75, 3.05) is 26.7 Å². The van der Waals surface area contributed by atoms with Gasteiger partial charge in [0.2, 0.25) is 0 Å². The van der Waals surface area contributed by atoms with Crippen LogP contribution in [0.5, 0.6) is 11.5 Å². The van der Waals surface area contributed by atoms with Gasteiger partial charge in [-0.3, -0.25) is 5.43 Å². The zero-order valence-electron chi connectivity index (χ0n) is 10.1. The first-order valence-corrected chi connectivity index (χ1v) is 5.70. The lowest BCUT2D eigenvalue weighted by atomic mass is 10.1. The molecule has 0 aliphatic rings. The summed E-state index contributed by atoms with van der Waals surface area (Å²) in [6.07, 6.45) is 1.50. The Labute approximate surface area is 101 Å². The fraction of sp³-hybridized carbons (Fsp3) is 0.500. The number of aliphatic hydroxyl groups is 1. The van der Waals surface area contributed by atoms with Crippen molar-refractivity contribution < 1.29 is 15.3 Å². The average molecular weight is 240 g/mol. The number of benzene rings is 1. The molecule has 0 aromatic heterocycles.